The Morgan fingerprint density at radius 1 is 1.21 bits per heavy atom. The Bertz CT molecular complexity index is 311. The van der Waals surface area contributed by atoms with E-state index in [0.717, 1.165) is 19.6 Å². The van der Waals surface area contributed by atoms with Crippen LogP contribution in [0.2, 0.25) is 0 Å². The molecule has 2 fully saturated rings. The fraction of sp³-hybridized carbons (Fsp3) is 0.933. The Balaban J connectivity index is 1.92. The van der Waals surface area contributed by atoms with Gasteiger partial charge in [-0.3, -0.25) is 9.69 Å². The molecule has 0 aromatic carbocycles. The number of nitrogens with one attached hydrogen (secondary N) is 1. The molecule has 1 aliphatic carbocycles. The van der Waals surface area contributed by atoms with E-state index in [1.165, 1.54) is 32.1 Å². The van der Waals surface area contributed by atoms with Gasteiger partial charge in [-0.2, -0.15) is 0 Å². The van der Waals surface area contributed by atoms with Crippen molar-refractivity contribution in [2.24, 2.45) is 0 Å². The zero-order chi connectivity index (χ0) is 13.9. The first-order valence-electron chi connectivity index (χ1n) is 7.74. The summed E-state index contributed by atoms with van der Waals surface area (Å²) in [7, 11) is 1.97. The van der Waals surface area contributed by atoms with Crippen LogP contribution in [0.15, 0.2) is 0 Å². The molecule has 1 saturated carbocycles. The summed E-state index contributed by atoms with van der Waals surface area (Å²) in [5.41, 5.74) is 0.0586. The Labute approximate surface area is 117 Å². The zero-order valence-corrected chi connectivity index (χ0v) is 12.7. The molecule has 0 aromatic heterocycles. The molecule has 0 bridgehead atoms. The van der Waals surface area contributed by atoms with Crippen molar-refractivity contribution in [2.75, 3.05) is 33.2 Å². The van der Waals surface area contributed by atoms with E-state index in [1.807, 2.05) is 7.05 Å². The first-order valence-corrected chi connectivity index (χ1v) is 7.74. The van der Waals surface area contributed by atoms with Gasteiger partial charge in [0.2, 0.25) is 5.91 Å². The second-order valence-corrected chi connectivity index (χ2v) is 6.64. The summed E-state index contributed by atoms with van der Waals surface area (Å²) in [4.78, 5) is 16.9. The lowest BCUT2D eigenvalue weighted by Crippen LogP contribution is -2.61. The molecule has 2 rings (SSSR count). The van der Waals surface area contributed by atoms with Crippen molar-refractivity contribution >= 4 is 5.91 Å². The van der Waals surface area contributed by atoms with Crippen LogP contribution in [0.5, 0.6) is 0 Å². The standard InChI is InChI=1S/C15H29N3O/c1-15(2,12-16-3)17-9-10-18(14(19)11-17)13-7-5-4-6-8-13/h13,16H,4-12H2,1-3H3. The van der Waals surface area contributed by atoms with Crippen molar-refractivity contribution in [3.8, 4) is 0 Å². The van der Waals surface area contributed by atoms with E-state index in [4.69, 9.17) is 0 Å². The van der Waals surface area contributed by atoms with Gasteiger partial charge in [-0.25, -0.2) is 0 Å². The predicted molar refractivity (Wildman–Crippen MR) is 78.2 cm³/mol. The normalized spacial score (nSPS) is 23.9. The second-order valence-electron chi connectivity index (χ2n) is 6.64. The fourth-order valence-corrected chi connectivity index (χ4v) is 3.53. The molecule has 1 N–H and O–H groups in total. The molecule has 4 nitrogen and oxygen atoms in total. The third-order valence-electron chi connectivity index (χ3n) is 4.74. The number of carbonyl (C=O) groups excluding carboxylic acids is 1. The molecule has 0 unspecified atom stereocenters. The van der Waals surface area contributed by atoms with Crippen LogP contribution in [0.4, 0.5) is 0 Å². The van der Waals surface area contributed by atoms with E-state index in [0.29, 0.717) is 18.5 Å². The van der Waals surface area contributed by atoms with Gasteiger partial charge in [0.15, 0.2) is 0 Å². The molecule has 0 atom stereocenters. The smallest absolute Gasteiger partial charge is 0.237 e. The van der Waals surface area contributed by atoms with E-state index < -0.39 is 0 Å². The summed E-state index contributed by atoms with van der Waals surface area (Å²) in [5, 5.41) is 3.23. The van der Waals surface area contributed by atoms with Crippen LogP contribution in [0.25, 0.3) is 0 Å². The predicted octanol–water partition coefficient (Wildman–Crippen LogP) is 1.46. The topological polar surface area (TPSA) is 35.6 Å². The summed E-state index contributed by atoms with van der Waals surface area (Å²) >= 11 is 0. The van der Waals surface area contributed by atoms with Gasteiger partial charge < -0.3 is 10.2 Å². The van der Waals surface area contributed by atoms with Crippen molar-refractivity contribution in [3.05, 3.63) is 0 Å². The fourth-order valence-electron chi connectivity index (χ4n) is 3.53. The first-order chi connectivity index (χ1) is 9.04. The highest BCUT2D eigenvalue weighted by molar-refractivity contribution is 5.79. The van der Waals surface area contributed by atoms with E-state index in [1.54, 1.807) is 0 Å². The second kappa shape index (κ2) is 6.23. The van der Waals surface area contributed by atoms with Gasteiger partial charge in [0.25, 0.3) is 0 Å². The quantitative estimate of drug-likeness (QED) is 0.837. The van der Waals surface area contributed by atoms with Gasteiger partial charge in [-0.05, 0) is 33.7 Å². The van der Waals surface area contributed by atoms with E-state index in [2.05, 4.69) is 29.0 Å². The van der Waals surface area contributed by atoms with Crippen LogP contribution in [0, 0.1) is 0 Å². The van der Waals surface area contributed by atoms with Gasteiger partial charge in [0.1, 0.15) is 0 Å². The minimum Gasteiger partial charge on any atom is -0.337 e. The number of piperazine rings is 1. The molecule has 1 amide bonds. The number of amides is 1. The summed E-state index contributed by atoms with van der Waals surface area (Å²) in [5.74, 6) is 0.335. The molecule has 1 saturated heterocycles. The Morgan fingerprint density at radius 3 is 2.47 bits per heavy atom. The maximum absolute atomic E-state index is 12.4. The first kappa shape index (κ1) is 14.8. The van der Waals surface area contributed by atoms with Crippen LogP contribution in [0.1, 0.15) is 46.0 Å². The van der Waals surface area contributed by atoms with Gasteiger partial charge >= 0.3 is 0 Å². The van der Waals surface area contributed by atoms with Crippen LogP contribution < -0.4 is 5.32 Å². The van der Waals surface area contributed by atoms with Crippen molar-refractivity contribution < 1.29 is 4.79 Å². The average Bonchev–Trinajstić information content (AvgIpc) is 2.39. The molecule has 0 aromatic rings. The van der Waals surface area contributed by atoms with Gasteiger partial charge in [-0.1, -0.05) is 19.3 Å². The Hall–Kier alpha value is -0.610. The average molecular weight is 267 g/mol. The lowest BCUT2D eigenvalue weighted by atomic mass is 9.93. The van der Waals surface area contributed by atoms with Crippen molar-refractivity contribution in [1.29, 1.82) is 0 Å². The molecule has 0 spiro atoms. The monoisotopic (exact) mass is 267 g/mol. The number of likely N-dealkylation sites (N-methyl/N-ethyl adjacent to an activating group) is 1. The molecule has 1 aliphatic heterocycles. The molecule has 4 heteroatoms. The van der Waals surface area contributed by atoms with Crippen LogP contribution in [-0.2, 0) is 4.79 Å². The maximum atomic E-state index is 12.4. The van der Waals surface area contributed by atoms with Gasteiger partial charge in [0.05, 0.1) is 6.54 Å². The van der Waals surface area contributed by atoms with E-state index in [9.17, 15) is 4.79 Å². The molecule has 19 heavy (non-hydrogen) atoms. The van der Waals surface area contributed by atoms with Crippen molar-refractivity contribution in [1.82, 2.24) is 15.1 Å². The third kappa shape index (κ3) is 3.48. The van der Waals surface area contributed by atoms with Crippen LogP contribution >= 0.6 is 0 Å². The van der Waals surface area contributed by atoms with Gasteiger partial charge in [0, 0.05) is 31.2 Å². The third-order valence-corrected chi connectivity index (χ3v) is 4.74. The molecule has 110 valence electrons. The molecular formula is C15H29N3O. The minimum absolute atomic E-state index is 0.0586. The molecule has 0 radical (unpaired) electrons. The number of hydrogen-bond donors (Lipinski definition) is 1. The summed E-state index contributed by atoms with van der Waals surface area (Å²) in [6.07, 6.45) is 6.37. The Kier molecular flexibility index (Phi) is 4.85. The number of nitrogens with zero attached hydrogens (tertiary/aromatic N) is 2. The van der Waals surface area contributed by atoms with E-state index >= 15 is 0 Å². The summed E-state index contributed by atoms with van der Waals surface area (Å²) in [6, 6.07) is 0.524. The van der Waals surface area contributed by atoms with Crippen LogP contribution in [0.3, 0.4) is 0 Å². The van der Waals surface area contributed by atoms with E-state index in [-0.39, 0.29) is 5.54 Å². The highest BCUT2D eigenvalue weighted by Crippen LogP contribution is 2.25. The number of rotatable bonds is 4. The van der Waals surface area contributed by atoms with Crippen LogP contribution in [-0.4, -0.2) is 60.5 Å². The lowest BCUT2D eigenvalue weighted by molar-refractivity contribution is -0.142. The summed E-state index contributed by atoms with van der Waals surface area (Å²) < 4.78 is 0. The maximum Gasteiger partial charge on any atom is 0.237 e. The SMILES string of the molecule is CNCC(C)(C)N1CCN(C2CCCCC2)C(=O)C1. The van der Waals surface area contributed by atoms with Crippen molar-refractivity contribution in [2.45, 2.75) is 57.5 Å². The van der Waals surface area contributed by atoms with Gasteiger partial charge in [-0.15, -0.1) is 0 Å². The lowest BCUT2D eigenvalue weighted by Gasteiger charge is -2.46. The molecular weight excluding hydrogens is 238 g/mol. The number of carbonyl (C=O) groups is 1. The molecule has 1 heterocycles. The Morgan fingerprint density at radius 2 is 1.89 bits per heavy atom. The highest BCUT2D eigenvalue weighted by Gasteiger charge is 2.35. The zero-order valence-electron chi connectivity index (χ0n) is 12.7. The molecule has 2 aliphatic rings. The summed E-state index contributed by atoms with van der Waals surface area (Å²) in [6.45, 7) is 7.86. The number of hydrogen-bond acceptors (Lipinski definition) is 3. The highest BCUT2D eigenvalue weighted by atomic mass is 16.2. The minimum atomic E-state index is 0.0586. The van der Waals surface area contributed by atoms with Crippen molar-refractivity contribution in [3.63, 3.8) is 0 Å². The largest absolute Gasteiger partial charge is 0.337 e.